The number of rotatable bonds is 7. The maximum Gasteiger partial charge on any atom is 0.248 e. The number of hydrogen-bond donors (Lipinski definition) is 1. The Morgan fingerprint density at radius 1 is 1.12 bits per heavy atom. The lowest BCUT2D eigenvalue weighted by atomic mass is 10.1. The van der Waals surface area contributed by atoms with E-state index in [4.69, 9.17) is 25.8 Å². The van der Waals surface area contributed by atoms with Crippen LogP contribution in [-0.4, -0.2) is 26.7 Å². The molecule has 138 valence electrons. The van der Waals surface area contributed by atoms with Gasteiger partial charge in [-0.2, -0.15) is 0 Å². The van der Waals surface area contributed by atoms with Crippen LogP contribution in [0, 0.1) is 6.92 Å². The molecule has 6 heteroatoms. The lowest BCUT2D eigenvalue weighted by Gasteiger charge is -2.11. The molecule has 0 saturated heterocycles. The van der Waals surface area contributed by atoms with Crippen LogP contribution >= 0.6 is 11.6 Å². The lowest BCUT2D eigenvalue weighted by molar-refractivity contribution is -0.111. The van der Waals surface area contributed by atoms with Gasteiger partial charge in [0.05, 0.1) is 26.5 Å². The van der Waals surface area contributed by atoms with Gasteiger partial charge in [-0.25, -0.2) is 0 Å². The van der Waals surface area contributed by atoms with E-state index in [2.05, 4.69) is 5.32 Å². The molecule has 2 rings (SSSR count). The molecule has 0 atom stereocenters. The molecule has 26 heavy (non-hydrogen) atoms. The summed E-state index contributed by atoms with van der Waals surface area (Å²) < 4.78 is 16.0. The van der Waals surface area contributed by atoms with Gasteiger partial charge < -0.3 is 19.5 Å². The van der Waals surface area contributed by atoms with Crippen molar-refractivity contribution in [3.8, 4) is 17.2 Å². The Kier molecular flexibility index (Phi) is 6.92. The number of anilines is 1. The van der Waals surface area contributed by atoms with E-state index in [0.29, 0.717) is 34.6 Å². The second kappa shape index (κ2) is 9.15. The number of carbonyl (C=O) groups excluding carboxylic acids is 1. The van der Waals surface area contributed by atoms with E-state index in [0.717, 1.165) is 11.1 Å². The van der Waals surface area contributed by atoms with Gasteiger partial charge in [-0.05, 0) is 49.2 Å². The fraction of sp³-hybridized carbons (Fsp3) is 0.250. The molecule has 0 radical (unpaired) electrons. The Balaban J connectivity index is 2.15. The van der Waals surface area contributed by atoms with Crippen molar-refractivity contribution in [2.24, 2.45) is 0 Å². The quantitative estimate of drug-likeness (QED) is 0.711. The van der Waals surface area contributed by atoms with Gasteiger partial charge in [-0.15, -0.1) is 0 Å². The van der Waals surface area contributed by atoms with Crippen LogP contribution < -0.4 is 19.5 Å². The van der Waals surface area contributed by atoms with Crippen molar-refractivity contribution in [2.75, 3.05) is 26.1 Å². The number of carbonyl (C=O) groups is 1. The molecule has 0 spiro atoms. The summed E-state index contributed by atoms with van der Waals surface area (Å²) >= 11 is 6.08. The largest absolute Gasteiger partial charge is 0.495 e. The summed E-state index contributed by atoms with van der Waals surface area (Å²) in [4.78, 5) is 12.2. The second-order valence-corrected chi connectivity index (χ2v) is 5.87. The van der Waals surface area contributed by atoms with Crippen molar-refractivity contribution in [1.82, 2.24) is 0 Å². The third-order valence-corrected chi connectivity index (χ3v) is 4.06. The van der Waals surface area contributed by atoms with Crippen molar-refractivity contribution in [2.45, 2.75) is 13.8 Å². The molecule has 0 aliphatic rings. The summed E-state index contributed by atoms with van der Waals surface area (Å²) in [5.41, 5.74) is 2.24. The van der Waals surface area contributed by atoms with Crippen LogP contribution in [0.4, 0.5) is 5.69 Å². The third-order valence-electron chi connectivity index (χ3n) is 3.65. The number of hydrogen-bond acceptors (Lipinski definition) is 4. The van der Waals surface area contributed by atoms with Crippen LogP contribution in [0.1, 0.15) is 18.1 Å². The number of aryl methyl sites for hydroxylation is 1. The maximum absolute atomic E-state index is 12.2. The number of halogens is 1. The molecule has 0 aliphatic heterocycles. The molecule has 0 aromatic heterocycles. The zero-order valence-electron chi connectivity index (χ0n) is 15.3. The first-order valence-electron chi connectivity index (χ1n) is 8.12. The molecule has 0 saturated carbocycles. The van der Waals surface area contributed by atoms with E-state index in [1.54, 1.807) is 31.4 Å². The highest BCUT2D eigenvalue weighted by Gasteiger charge is 2.09. The van der Waals surface area contributed by atoms with Gasteiger partial charge in [0.15, 0.2) is 11.5 Å². The van der Waals surface area contributed by atoms with Crippen LogP contribution in [0.15, 0.2) is 36.4 Å². The van der Waals surface area contributed by atoms with Crippen LogP contribution in [-0.2, 0) is 4.79 Å². The van der Waals surface area contributed by atoms with Gasteiger partial charge in [0, 0.05) is 17.2 Å². The molecule has 2 aromatic carbocycles. The third kappa shape index (κ3) is 4.92. The molecule has 0 heterocycles. The standard InChI is InChI=1S/C20H22ClNO4/c1-5-26-19-11-14(6-8-17(19)24-3)7-9-20(23)22-16-10-13(2)15(21)12-18(16)25-4/h6-12H,5H2,1-4H3,(H,22,23)/b9-7+. The SMILES string of the molecule is CCOc1cc(/C=C/C(=O)Nc2cc(C)c(Cl)cc2OC)ccc1OC. The molecular weight excluding hydrogens is 354 g/mol. The first kappa shape index (κ1) is 19.7. The Morgan fingerprint density at radius 2 is 1.85 bits per heavy atom. The first-order valence-corrected chi connectivity index (χ1v) is 8.50. The second-order valence-electron chi connectivity index (χ2n) is 5.47. The minimum atomic E-state index is -0.279. The van der Waals surface area contributed by atoms with Crippen molar-refractivity contribution in [1.29, 1.82) is 0 Å². The summed E-state index contributed by atoms with van der Waals surface area (Å²) in [5.74, 6) is 1.51. The van der Waals surface area contributed by atoms with Crippen LogP contribution in [0.25, 0.3) is 6.08 Å². The predicted octanol–water partition coefficient (Wildman–Crippen LogP) is 4.72. The zero-order valence-corrected chi connectivity index (χ0v) is 16.0. The summed E-state index contributed by atoms with van der Waals surface area (Å²) in [6.45, 7) is 4.29. The van der Waals surface area contributed by atoms with Gasteiger partial charge in [0.2, 0.25) is 5.91 Å². The van der Waals surface area contributed by atoms with E-state index in [1.807, 2.05) is 26.0 Å². The van der Waals surface area contributed by atoms with Crippen molar-refractivity contribution < 1.29 is 19.0 Å². The topological polar surface area (TPSA) is 56.8 Å². The maximum atomic E-state index is 12.2. The van der Waals surface area contributed by atoms with Crippen LogP contribution in [0.2, 0.25) is 5.02 Å². The number of nitrogens with one attached hydrogen (secondary N) is 1. The summed E-state index contributed by atoms with van der Waals surface area (Å²) in [6.07, 6.45) is 3.15. The molecule has 0 fully saturated rings. The molecule has 0 unspecified atom stereocenters. The summed E-state index contributed by atoms with van der Waals surface area (Å²) in [5, 5.41) is 3.38. The van der Waals surface area contributed by atoms with Crippen molar-refractivity contribution in [3.05, 3.63) is 52.6 Å². The van der Waals surface area contributed by atoms with E-state index in [1.165, 1.54) is 13.2 Å². The monoisotopic (exact) mass is 375 g/mol. The Morgan fingerprint density at radius 3 is 2.50 bits per heavy atom. The van der Waals surface area contributed by atoms with Crippen molar-refractivity contribution in [3.63, 3.8) is 0 Å². The Hall–Kier alpha value is -2.66. The predicted molar refractivity (Wildman–Crippen MR) is 105 cm³/mol. The highest BCUT2D eigenvalue weighted by Crippen LogP contribution is 2.31. The Bertz CT molecular complexity index is 818. The highest BCUT2D eigenvalue weighted by molar-refractivity contribution is 6.31. The smallest absolute Gasteiger partial charge is 0.248 e. The average molecular weight is 376 g/mol. The van der Waals surface area contributed by atoms with E-state index < -0.39 is 0 Å². The highest BCUT2D eigenvalue weighted by atomic mass is 35.5. The number of ether oxygens (including phenoxy) is 3. The number of amides is 1. The number of benzene rings is 2. The normalized spacial score (nSPS) is 10.7. The fourth-order valence-corrected chi connectivity index (χ4v) is 2.50. The van der Waals surface area contributed by atoms with Gasteiger partial charge in [-0.1, -0.05) is 17.7 Å². The lowest BCUT2D eigenvalue weighted by Crippen LogP contribution is -2.09. The molecular formula is C20H22ClNO4. The van der Waals surface area contributed by atoms with Gasteiger partial charge in [0.25, 0.3) is 0 Å². The van der Waals surface area contributed by atoms with E-state index in [-0.39, 0.29) is 5.91 Å². The van der Waals surface area contributed by atoms with E-state index in [9.17, 15) is 4.79 Å². The number of methoxy groups -OCH3 is 2. The fourth-order valence-electron chi connectivity index (χ4n) is 2.34. The van der Waals surface area contributed by atoms with Crippen LogP contribution in [0.3, 0.4) is 0 Å². The molecule has 1 N–H and O–H groups in total. The Labute approximate surface area is 158 Å². The molecule has 5 nitrogen and oxygen atoms in total. The minimum Gasteiger partial charge on any atom is -0.495 e. The van der Waals surface area contributed by atoms with Gasteiger partial charge in [-0.3, -0.25) is 4.79 Å². The first-order chi connectivity index (χ1) is 12.5. The molecule has 2 aromatic rings. The van der Waals surface area contributed by atoms with Gasteiger partial charge >= 0.3 is 0 Å². The zero-order chi connectivity index (χ0) is 19.1. The summed E-state index contributed by atoms with van der Waals surface area (Å²) in [6, 6.07) is 8.91. The van der Waals surface area contributed by atoms with E-state index >= 15 is 0 Å². The van der Waals surface area contributed by atoms with Gasteiger partial charge in [0.1, 0.15) is 5.75 Å². The molecule has 1 amide bonds. The van der Waals surface area contributed by atoms with Crippen LogP contribution in [0.5, 0.6) is 17.2 Å². The molecule has 0 aliphatic carbocycles. The minimum absolute atomic E-state index is 0.279. The average Bonchev–Trinajstić information content (AvgIpc) is 2.63. The molecule has 0 bridgehead atoms. The van der Waals surface area contributed by atoms with Crippen molar-refractivity contribution >= 4 is 29.3 Å². The summed E-state index contributed by atoms with van der Waals surface area (Å²) in [7, 11) is 3.11.